The van der Waals surface area contributed by atoms with Gasteiger partial charge in [0.05, 0.1) is 12.2 Å². The van der Waals surface area contributed by atoms with Crippen LogP contribution in [0.2, 0.25) is 0 Å². The van der Waals surface area contributed by atoms with Crippen molar-refractivity contribution in [2.24, 2.45) is 35.5 Å². The zero-order valence-electron chi connectivity index (χ0n) is 28.1. The maximum Gasteiger partial charge on any atom is 0.163 e. The van der Waals surface area contributed by atoms with Crippen LogP contribution < -0.4 is 0 Å². The Balaban J connectivity index is 1.17. The summed E-state index contributed by atoms with van der Waals surface area (Å²) in [6.45, 7) is 17.2. The normalized spacial score (nSPS) is 60.1. The molecule has 4 aliphatic carbocycles. The number of aliphatic hydroxyl groups is 3. The van der Waals surface area contributed by atoms with Gasteiger partial charge in [-0.15, -0.1) is 0 Å². The van der Waals surface area contributed by atoms with E-state index in [-0.39, 0.29) is 35.7 Å². The molecule has 4 bridgehead atoms. The highest BCUT2D eigenvalue weighted by Gasteiger charge is 3.17. The quantitative estimate of drug-likeness (QED) is 0.243. The summed E-state index contributed by atoms with van der Waals surface area (Å²) in [6, 6.07) is 9.73. The first-order chi connectivity index (χ1) is 22.4. The van der Waals surface area contributed by atoms with Crippen molar-refractivity contribution in [3.05, 3.63) is 54.6 Å². The second-order valence-electron chi connectivity index (χ2n) is 17.1. The molecule has 1 aromatic rings. The number of epoxide rings is 1. The highest BCUT2D eigenvalue weighted by Crippen LogP contribution is 2.97. The Labute approximate surface area is 277 Å². The molecule has 0 amide bonds. The molecule has 8 nitrogen and oxygen atoms in total. The molecular weight excluding hydrogens is 596 g/mol. The van der Waals surface area contributed by atoms with Gasteiger partial charge in [0, 0.05) is 23.3 Å². The summed E-state index contributed by atoms with van der Waals surface area (Å²) in [4.78, 5) is 0. The minimum atomic E-state index is -1.79. The molecule has 7 saturated heterocycles. The van der Waals surface area contributed by atoms with Crippen LogP contribution in [0.5, 0.6) is 0 Å². The summed E-state index contributed by atoms with van der Waals surface area (Å²) in [6.07, 6.45) is 4.33. The van der Waals surface area contributed by atoms with Crippen molar-refractivity contribution in [1.82, 2.24) is 0 Å². The number of benzene rings is 1. The van der Waals surface area contributed by atoms with Crippen LogP contribution in [-0.4, -0.2) is 85.5 Å². The van der Waals surface area contributed by atoms with Gasteiger partial charge >= 0.3 is 0 Å². The van der Waals surface area contributed by atoms with Gasteiger partial charge in [0.25, 0.3) is 0 Å². The Kier molecular flexibility index (Phi) is 5.59. The molecule has 0 radical (unpaired) electrons. The van der Waals surface area contributed by atoms with Gasteiger partial charge in [-0.05, 0) is 36.7 Å². The van der Waals surface area contributed by atoms with Crippen molar-refractivity contribution in [2.45, 2.75) is 136 Å². The van der Waals surface area contributed by atoms with Crippen LogP contribution in [0.3, 0.4) is 0 Å². The monoisotopic (exact) mass is 646 g/mol. The van der Waals surface area contributed by atoms with Crippen LogP contribution >= 0.6 is 0 Å². The first-order valence-electron chi connectivity index (χ1n) is 18.3. The van der Waals surface area contributed by atoms with Gasteiger partial charge in [0.1, 0.15) is 52.6 Å². The Morgan fingerprint density at radius 1 is 0.957 bits per heavy atom. The van der Waals surface area contributed by atoms with Crippen LogP contribution in [0.1, 0.15) is 78.2 Å². The predicted octanol–water partition coefficient (Wildman–Crippen LogP) is 4.55. The zero-order valence-corrected chi connectivity index (χ0v) is 28.1. The van der Waals surface area contributed by atoms with Crippen molar-refractivity contribution in [2.75, 3.05) is 6.61 Å². The van der Waals surface area contributed by atoms with Crippen LogP contribution in [0.25, 0.3) is 5.76 Å². The van der Waals surface area contributed by atoms with E-state index in [0.717, 1.165) is 49.7 Å². The lowest BCUT2D eigenvalue weighted by Gasteiger charge is -3.04. The van der Waals surface area contributed by atoms with Gasteiger partial charge in [-0.2, -0.15) is 0 Å². The molecule has 11 fully saturated rings. The van der Waals surface area contributed by atoms with Gasteiger partial charge in [-0.25, -0.2) is 0 Å². The second kappa shape index (κ2) is 8.74. The molecule has 11 aliphatic rings. The largest absolute Gasteiger partial charge is 0.487 e. The van der Waals surface area contributed by atoms with Gasteiger partial charge in [0.15, 0.2) is 11.2 Å². The lowest BCUT2D eigenvalue weighted by molar-refractivity contribution is -0.744. The molecule has 17 unspecified atom stereocenters. The van der Waals surface area contributed by atoms with E-state index in [4.69, 9.17) is 23.7 Å². The number of fused-ring (bicyclic) bond motifs is 1. The Morgan fingerprint density at radius 3 is 2.38 bits per heavy atom. The highest BCUT2D eigenvalue weighted by molar-refractivity contribution is 5.67. The average Bonchev–Trinajstić information content (AvgIpc) is 3.74. The van der Waals surface area contributed by atoms with E-state index in [2.05, 4.69) is 40.9 Å². The van der Waals surface area contributed by atoms with E-state index < -0.39 is 70.0 Å². The molecule has 254 valence electrons. The molecule has 47 heavy (non-hydrogen) atoms. The molecule has 12 rings (SSSR count). The first kappa shape index (κ1) is 30.1. The number of hydrogen-bond acceptors (Lipinski definition) is 8. The maximum absolute atomic E-state index is 13.6. The summed E-state index contributed by atoms with van der Waals surface area (Å²) < 4.78 is 35.2. The predicted molar refractivity (Wildman–Crippen MR) is 172 cm³/mol. The van der Waals surface area contributed by atoms with Crippen molar-refractivity contribution in [3.63, 3.8) is 0 Å². The van der Waals surface area contributed by atoms with E-state index in [0.29, 0.717) is 5.76 Å². The van der Waals surface area contributed by atoms with Gasteiger partial charge in [-0.1, -0.05) is 103 Å². The van der Waals surface area contributed by atoms with Crippen molar-refractivity contribution in [3.8, 4) is 0 Å². The van der Waals surface area contributed by atoms with Gasteiger partial charge < -0.3 is 39.0 Å². The van der Waals surface area contributed by atoms with E-state index >= 15 is 0 Å². The van der Waals surface area contributed by atoms with E-state index in [9.17, 15) is 15.3 Å². The zero-order chi connectivity index (χ0) is 32.7. The van der Waals surface area contributed by atoms with Crippen LogP contribution in [0, 0.1) is 35.5 Å². The van der Waals surface area contributed by atoms with Crippen LogP contribution in [-0.2, 0) is 23.7 Å². The van der Waals surface area contributed by atoms with Gasteiger partial charge in [-0.3, -0.25) is 0 Å². The lowest BCUT2D eigenvalue weighted by atomic mass is 9.20. The first-order valence-corrected chi connectivity index (χ1v) is 18.3. The molecule has 17 atom stereocenters. The Bertz CT molecular complexity index is 1580. The summed E-state index contributed by atoms with van der Waals surface area (Å²) in [5.74, 6) is -0.350. The fraction of sp³-hybridized carbons (Fsp3) is 0.744. The van der Waals surface area contributed by atoms with Gasteiger partial charge in [0.2, 0.25) is 0 Å². The summed E-state index contributed by atoms with van der Waals surface area (Å²) in [7, 11) is 0. The molecule has 0 aromatic heterocycles. The third-order valence-corrected chi connectivity index (χ3v) is 15.7. The third kappa shape index (κ3) is 2.60. The molecule has 3 N–H and O–H groups in total. The molecule has 1 aromatic carbocycles. The fourth-order valence-electron chi connectivity index (χ4n) is 14.2. The van der Waals surface area contributed by atoms with Crippen molar-refractivity contribution < 1.29 is 39.0 Å². The Morgan fingerprint density at radius 2 is 1.68 bits per heavy atom. The summed E-state index contributed by atoms with van der Waals surface area (Å²) >= 11 is 0. The number of ether oxygens (including phenoxy) is 5. The minimum Gasteiger partial charge on any atom is -0.487 e. The number of rotatable bonds is 5. The number of aliphatic hydroxyl groups excluding tert-OH is 2. The molecule has 4 spiro atoms. The van der Waals surface area contributed by atoms with E-state index in [1.165, 1.54) is 6.42 Å². The standard InChI is InChI=1S/C39H50O8/c1-20(2)37-34-18-14-9-7-8-11-15-21(3)26-22(4)29(43-23(5)25-16-12-10-13-17-25)35(42)28(26)36-24(6)38(34,47-36)39(37,46-34)31(45-37)27(36)30-33(19-40,44-30)32(35)41/h10,12-13,16-17,21-22,24,26-32,40-42H,1,5,7-9,11,14-15,18-19H2,2-4,6H3. The molecule has 4 saturated carbocycles. The minimum absolute atomic E-state index is 0.00953. The van der Waals surface area contributed by atoms with Crippen molar-refractivity contribution >= 4 is 5.76 Å². The summed E-state index contributed by atoms with van der Waals surface area (Å²) in [5.41, 5.74) is -4.68. The average molecular weight is 647 g/mol. The lowest BCUT2D eigenvalue weighted by Crippen LogP contribution is -3.24. The topological polar surface area (TPSA) is 110 Å². The highest BCUT2D eigenvalue weighted by atomic mass is 16.8. The molecular formula is C39H50O8. The third-order valence-electron chi connectivity index (χ3n) is 15.7. The Hall–Kier alpha value is -1.78. The van der Waals surface area contributed by atoms with E-state index in [1.807, 2.05) is 30.3 Å². The second-order valence-corrected chi connectivity index (χ2v) is 17.1. The molecule has 7 aliphatic heterocycles. The maximum atomic E-state index is 13.6. The van der Waals surface area contributed by atoms with Crippen LogP contribution in [0.4, 0.5) is 0 Å². The molecule has 7 heterocycles. The fourth-order valence-corrected chi connectivity index (χ4v) is 14.2. The van der Waals surface area contributed by atoms with Crippen LogP contribution in [0.15, 0.2) is 49.1 Å². The van der Waals surface area contributed by atoms with Crippen molar-refractivity contribution in [1.29, 1.82) is 0 Å². The van der Waals surface area contributed by atoms with E-state index in [1.54, 1.807) is 0 Å². The molecule has 8 heteroatoms. The summed E-state index contributed by atoms with van der Waals surface area (Å²) in [5, 5.41) is 37.2. The number of hydrogen-bond donors (Lipinski definition) is 3. The smallest absolute Gasteiger partial charge is 0.163 e. The SMILES string of the molecule is C=C(OC1C(C)C2C(C)CCCCCCCC34OC56C(OC35C(=C)C)C3C5OC5(CO)C(O)C1(O)C2C31OC46C1C)c1ccccc1.